The first-order valence-electron chi connectivity index (χ1n) is 15.4. The number of hydrogen-bond donors (Lipinski definition) is 3. The molecule has 0 aliphatic carbocycles. The van der Waals surface area contributed by atoms with Crippen LogP contribution in [0.25, 0.3) is 31.9 Å². The minimum atomic E-state index is 0.854. The van der Waals surface area contributed by atoms with E-state index in [4.69, 9.17) is 0 Å². The van der Waals surface area contributed by atoms with Crippen LogP contribution >= 0.6 is 11.3 Å². The second-order valence-corrected chi connectivity index (χ2v) is 11.3. The normalized spacial score (nSPS) is 11.5. The highest BCUT2D eigenvalue weighted by atomic mass is 32.1. The summed E-state index contributed by atoms with van der Waals surface area (Å²) in [5.74, 6) is 0. The van der Waals surface area contributed by atoms with Crippen molar-refractivity contribution in [2.24, 2.45) is 5.10 Å². The van der Waals surface area contributed by atoms with Crippen LogP contribution in [0.1, 0.15) is 11.1 Å². The maximum Gasteiger partial charge on any atom is 0.116 e. The first kappa shape index (κ1) is 32.4. The van der Waals surface area contributed by atoms with Gasteiger partial charge in [-0.2, -0.15) is 15.3 Å². The largest absolute Gasteiger partial charge is 0.359 e. The van der Waals surface area contributed by atoms with Crippen LogP contribution in [0.5, 0.6) is 0 Å². The highest BCUT2D eigenvalue weighted by Gasteiger charge is 2.01. The molecule has 0 saturated heterocycles. The van der Waals surface area contributed by atoms with Crippen LogP contribution in [0.3, 0.4) is 0 Å². The van der Waals surface area contributed by atoms with Gasteiger partial charge in [-0.15, -0.1) is 11.3 Å². The van der Waals surface area contributed by atoms with Crippen molar-refractivity contribution in [3.8, 4) is 0 Å². The number of nitrogens with one attached hydrogen (secondary N) is 3. The zero-order valence-corrected chi connectivity index (χ0v) is 27.2. The van der Waals surface area contributed by atoms with Crippen molar-refractivity contribution < 1.29 is 0 Å². The molecule has 11 heteroatoms. The lowest BCUT2D eigenvalue weighted by Crippen LogP contribution is -2.12. The summed E-state index contributed by atoms with van der Waals surface area (Å²) in [7, 11) is 0. The molecule has 8 aromatic rings. The number of anilines is 2. The molecular weight excluding hydrogens is 629 g/mol. The van der Waals surface area contributed by atoms with E-state index < -0.39 is 0 Å². The Balaban J connectivity index is 0.000000106. The fraction of sp³-hybridized carbons (Fsp3) is 0.0263. The summed E-state index contributed by atoms with van der Waals surface area (Å²) < 4.78 is 1.15. The maximum absolute atomic E-state index is 4.07. The van der Waals surface area contributed by atoms with Gasteiger partial charge in [0, 0.05) is 41.0 Å². The number of hydrogen-bond acceptors (Lipinski definition) is 11. The highest BCUT2D eigenvalue weighted by molar-refractivity contribution is 7.17. The van der Waals surface area contributed by atoms with Crippen molar-refractivity contribution in [1.29, 1.82) is 0 Å². The number of aromatic nitrogens is 6. The molecule has 2 aliphatic rings. The molecule has 2 aliphatic heterocycles. The standard InChI is InChI=1S/C8H6N2.C8H8N2.C8H6N2.C8H8N2.C6H4N2S/c1-2-4-8-7(3-1)5-9-6-10-8;2*1-2-4-8-6-10-9-5-7(8)3-1;1-2-4-8-7(3-1)9-5-6-10-8;1-2-9-6-3-7-4-8-5(1)6/h1-6H;1-5,10H,6H2;1-6H;1-6,9-10H;1-4H. The Morgan fingerprint density at radius 1 is 0.551 bits per heavy atom. The Hall–Kier alpha value is -6.59. The van der Waals surface area contributed by atoms with Gasteiger partial charge < -0.3 is 16.1 Å². The van der Waals surface area contributed by atoms with Gasteiger partial charge >= 0.3 is 0 Å². The Morgan fingerprint density at radius 2 is 1.16 bits per heavy atom. The Bertz CT molecular complexity index is 2030. The molecule has 6 heterocycles. The molecule has 49 heavy (non-hydrogen) atoms. The Kier molecular flexibility index (Phi) is 11.5. The van der Waals surface area contributed by atoms with Crippen LogP contribution in [-0.2, 0) is 6.54 Å². The van der Waals surface area contributed by atoms with Gasteiger partial charge in [0.1, 0.15) is 12.7 Å². The summed E-state index contributed by atoms with van der Waals surface area (Å²) in [6.07, 6.45) is 15.9. The number of fused-ring (bicyclic) bond motifs is 5. The summed E-state index contributed by atoms with van der Waals surface area (Å²) in [4.78, 5) is 15.9. The predicted molar refractivity (Wildman–Crippen MR) is 200 cm³/mol. The highest BCUT2D eigenvalue weighted by Crippen LogP contribution is 2.23. The molecule has 4 aromatic heterocycles. The summed E-state index contributed by atoms with van der Waals surface area (Å²) >= 11 is 1.66. The minimum absolute atomic E-state index is 0.854. The summed E-state index contributed by atoms with van der Waals surface area (Å²) in [5.41, 5.74) is 9.74. The average molecular weight is 661 g/mol. The van der Waals surface area contributed by atoms with Crippen LogP contribution in [0.2, 0.25) is 0 Å². The van der Waals surface area contributed by atoms with E-state index in [0.717, 1.165) is 49.8 Å². The zero-order chi connectivity index (χ0) is 33.4. The molecule has 0 radical (unpaired) electrons. The molecule has 240 valence electrons. The SMILES string of the molecule is C1=CNc2ccccc2N1.C1=NNCc2ccccc21.c1ccc2cnncc2c1.c1ccc2ncncc2c1.c1ncc2sccc2n1. The van der Waals surface area contributed by atoms with E-state index in [0.29, 0.717) is 0 Å². The van der Waals surface area contributed by atoms with Gasteiger partial charge in [-0.1, -0.05) is 78.9 Å². The van der Waals surface area contributed by atoms with E-state index in [1.54, 1.807) is 36.4 Å². The first-order chi connectivity index (χ1) is 24.3. The molecule has 0 spiro atoms. The molecule has 0 fully saturated rings. The van der Waals surface area contributed by atoms with E-state index >= 15 is 0 Å². The summed E-state index contributed by atoms with van der Waals surface area (Å²) in [6, 6.07) is 34.2. The van der Waals surface area contributed by atoms with Crippen molar-refractivity contribution >= 4 is 60.8 Å². The van der Waals surface area contributed by atoms with E-state index in [9.17, 15) is 0 Å². The lowest BCUT2D eigenvalue weighted by Gasteiger charge is -2.12. The molecule has 3 N–H and O–H groups in total. The third kappa shape index (κ3) is 9.47. The summed E-state index contributed by atoms with van der Waals surface area (Å²) in [6.45, 7) is 0.854. The second-order valence-electron chi connectivity index (χ2n) is 10.4. The van der Waals surface area contributed by atoms with Crippen molar-refractivity contribution in [2.75, 3.05) is 10.6 Å². The number of rotatable bonds is 0. The van der Waals surface area contributed by atoms with E-state index in [-0.39, 0.29) is 0 Å². The number of benzene rings is 4. The number of hydrazone groups is 1. The molecule has 0 unspecified atom stereocenters. The fourth-order valence-corrected chi connectivity index (χ4v) is 5.35. The van der Waals surface area contributed by atoms with Gasteiger partial charge in [-0.05, 0) is 40.8 Å². The third-order valence-corrected chi connectivity index (χ3v) is 7.95. The van der Waals surface area contributed by atoms with E-state index in [2.05, 4.69) is 63.4 Å². The maximum atomic E-state index is 4.07. The number of nitrogens with zero attached hydrogens (tertiary/aromatic N) is 7. The second kappa shape index (κ2) is 17.4. The third-order valence-electron chi connectivity index (χ3n) is 7.11. The van der Waals surface area contributed by atoms with Crippen LogP contribution in [-0.4, -0.2) is 36.3 Å². The number of thiophene rings is 1. The molecule has 4 aromatic carbocycles. The van der Waals surface area contributed by atoms with Gasteiger partial charge in [-0.3, -0.25) is 0 Å². The van der Waals surface area contributed by atoms with Crippen LogP contribution in [0, 0.1) is 0 Å². The number of para-hydroxylation sites is 3. The van der Waals surface area contributed by atoms with Gasteiger partial charge in [-0.25, -0.2) is 19.9 Å². The Labute approximate surface area is 287 Å². The Morgan fingerprint density at radius 3 is 1.86 bits per heavy atom. The van der Waals surface area contributed by atoms with Gasteiger partial charge in [0.15, 0.2) is 0 Å². The molecule has 0 atom stereocenters. The van der Waals surface area contributed by atoms with Crippen molar-refractivity contribution in [1.82, 2.24) is 35.6 Å². The topological polar surface area (TPSA) is 126 Å². The molecule has 0 saturated carbocycles. The van der Waals surface area contributed by atoms with Crippen LogP contribution in [0.15, 0.2) is 163 Å². The predicted octanol–water partition coefficient (Wildman–Crippen LogP) is 8.07. The van der Waals surface area contributed by atoms with Gasteiger partial charge in [0.05, 0.1) is 52.3 Å². The van der Waals surface area contributed by atoms with Crippen molar-refractivity contribution in [3.05, 3.63) is 169 Å². The summed E-state index contributed by atoms with van der Waals surface area (Å²) in [5, 5.41) is 23.1. The van der Waals surface area contributed by atoms with Gasteiger partial charge in [0.2, 0.25) is 0 Å². The smallest absolute Gasteiger partial charge is 0.116 e. The lowest BCUT2D eigenvalue weighted by molar-refractivity contribution is 0.735. The quantitative estimate of drug-likeness (QED) is 0.148. The fourth-order valence-electron chi connectivity index (χ4n) is 4.64. The lowest BCUT2D eigenvalue weighted by atomic mass is 10.1. The minimum Gasteiger partial charge on any atom is -0.359 e. The van der Waals surface area contributed by atoms with E-state index in [1.165, 1.54) is 11.1 Å². The van der Waals surface area contributed by atoms with Crippen LogP contribution < -0.4 is 16.1 Å². The van der Waals surface area contributed by atoms with Crippen molar-refractivity contribution in [2.45, 2.75) is 6.54 Å². The molecule has 0 bridgehead atoms. The van der Waals surface area contributed by atoms with Crippen LogP contribution in [0.4, 0.5) is 11.4 Å². The monoisotopic (exact) mass is 660 g/mol. The average Bonchev–Trinajstić information content (AvgIpc) is 3.69. The molecular formula is C38H32N10S. The van der Waals surface area contributed by atoms with E-state index in [1.807, 2.05) is 127 Å². The zero-order valence-electron chi connectivity index (χ0n) is 26.3. The van der Waals surface area contributed by atoms with Gasteiger partial charge in [0.25, 0.3) is 0 Å². The van der Waals surface area contributed by atoms with Crippen molar-refractivity contribution in [3.63, 3.8) is 0 Å². The molecule has 0 amide bonds. The molecule has 10 rings (SSSR count). The molecule has 10 nitrogen and oxygen atoms in total. The first-order valence-corrected chi connectivity index (χ1v) is 16.3.